The Morgan fingerprint density at radius 1 is 1.47 bits per heavy atom. The molecule has 0 N–H and O–H groups in total. The fraction of sp³-hybridized carbons (Fsp3) is 0.333. The fourth-order valence-corrected chi connectivity index (χ4v) is 1.49. The normalized spacial score (nSPS) is 11.8. The number of alkyl halides is 3. The number of pyridine rings is 1. The van der Waals surface area contributed by atoms with Gasteiger partial charge in [0.2, 0.25) is 0 Å². The van der Waals surface area contributed by atoms with Gasteiger partial charge in [-0.2, -0.15) is 13.2 Å². The molecule has 0 aromatic carbocycles. The highest BCUT2D eigenvalue weighted by molar-refractivity contribution is 6.29. The minimum atomic E-state index is -4.56. The standard InChI is InChI=1S/C12H11ClF3NO2/c1-2-19-11(18)5-3-4-8-6-9(12(14,15)16)17-10(13)7-8/h3-4,6-7H,2,5H2,1H3. The van der Waals surface area contributed by atoms with Crippen molar-refractivity contribution in [2.45, 2.75) is 19.5 Å². The first kappa shape index (κ1) is 15.5. The second-order valence-electron chi connectivity index (χ2n) is 3.52. The van der Waals surface area contributed by atoms with Crippen molar-refractivity contribution < 1.29 is 22.7 Å². The molecule has 0 saturated heterocycles. The Labute approximate surface area is 113 Å². The van der Waals surface area contributed by atoms with Crippen LogP contribution in [0.5, 0.6) is 0 Å². The summed E-state index contributed by atoms with van der Waals surface area (Å²) in [5, 5.41) is -0.259. The van der Waals surface area contributed by atoms with Crippen molar-refractivity contribution in [3.8, 4) is 0 Å². The summed E-state index contributed by atoms with van der Waals surface area (Å²) in [5.74, 6) is -0.449. The second kappa shape index (κ2) is 6.56. The van der Waals surface area contributed by atoms with E-state index in [2.05, 4.69) is 9.72 Å². The van der Waals surface area contributed by atoms with E-state index in [1.54, 1.807) is 6.92 Å². The summed E-state index contributed by atoms with van der Waals surface area (Å²) in [5.41, 5.74) is -0.854. The summed E-state index contributed by atoms with van der Waals surface area (Å²) in [6.07, 6.45) is -1.81. The number of ether oxygens (including phenoxy) is 1. The molecule has 0 aliphatic heterocycles. The molecule has 0 aliphatic carbocycles. The predicted octanol–water partition coefficient (Wildman–Crippen LogP) is 3.72. The van der Waals surface area contributed by atoms with Gasteiger partial charge < -0.3 is 4.74 Å². The third kappa shape index (κ3) is 5.30. The largest absolute Gasteiger partial charge is 0.466 e. The number of hydrogen-bond donors (Lipinski definition) is 0. The van der Waals surface area contributed by atoms with Crippen LogP contribution >= 0.6 is 11.6 Å². The maximum Gasteiger partial charge on any atom is 0.433 e. The zero-order valence-electron chi connectivity index (χ0n) is 10.00. The molecular formula is C12H11ClF3NO2. The van der Waals surface area contributed by atoms with Gasteiger partial charge in [0.1, 0.15) is 10.8 Å². The van der Waals surface area contributed by atoms with Crippen LogP contribution in [0, 0.1) is 0 Å². The highest BCUT2D eigenvalue weighted by atomic mass is 35.5. The van der Waals surface area contributed by atoms with Crippen LogP contribution in [0.4, 0.5) is 13.2 Å². The Kier molecular flexibility index (Phi) is 5.35. The summed E-state index contributed by atoms with van der Waals surface area (Å²) in [7, 11) is 0. The van der Waals surface area contributed by atoms with E-state index in [4.69, 9.17) is 11.6 Å². The van der Waals surface area contributed by atoms with E-state index in [-0.39, 0.29) is 23.7 Å². The van der Waals surface area contributed by atoms with Gasteiger partial charge >= 0.3 is 12.1 Å². The van der Waals surface area contributed by atoms with Crippen LogP contribution in [0.1, 0.15) is 24.6 Å². The van der Waals surface area contributed by atoms with Crippen LogP contribution in [-0.4, -0.2) is 17.6 Å². The highest BCUT2D eigenvalue weighted by Crippen LogP contribution is 2.29. The predicted molar refractivity (Wildman–Crippen MR) is 64.5 cm³/mol. The lowest BCUT2D eigenvalue weighted by Crippen LogP contribution is -2.08. The SMILES string of the molecule is CCOC(=O)CC=Cc1cc(Cl)nc(C(F)(F)F)c1. The van der Waals surface area contributed by atoms with Gasteiger partial charge in [0, 0.05) is 0 Å². The van der Waals surface area contributed by atoms with Crippen molar-refractivity contribution in [3.63, 3.8) is 0 Å². The Morgan fingerprint density at radius 3 is 2.74 bits per heavy atom. The lowest BCUT2D eigenvalue weighted by Gasteiger charge is -2.06. The maximum absolute atomic E-state index is 12.5. The average Bonchev–Trinajstić information content (AvgIpc) is 2.27. The van der Waals surface area contributed by atoms with E-state index in [0.717, 1.165) is 6.07 Å². The zero-order chi connectivity index (χ0) is 14.5. The number of halogens is 4. The van der Waals surface area contributed by atoms with Gasteiger partial charge in [0.05, 0.1) is 13.0 Å². The van der Waals surface area contributed by atoms with E-state index >= 15 is 0 Å². The van der Waals surface area contributed by atoms with Crippen molar-refractivity contribution in [2.24, 2.45) is 0 Å². The number of aromatic nitrogens is 1. The lowest BCUT2D eigenvalue weighted by molar-refractivity contribution is -0.142. The molecule has 0 fully saturated rings. The van der Waals surface area contributed by atoms with Gasteiger partial charge in [0.25, 0.3) is 0 Å². The molecule has 104 valence electrons. The fourth-order valence-electron chi connectivity index (χ4n) is 1.27. The first-order valence-corrected chi connectivity index (χ1v) is 5.77. The molecule has 1 aromatic rings. The summed E-state index contributed by atoms with van der Waals surface area (Å²) >= 11 is 5.51. The van der Waals surface area contributed by atoms with Gasteiger partial charge in [-0.15, -0.1) is 0 Å². The summed E-state index contributed by atoms with van der Waals surface area (Å²) in [6, 6.07) is 2.13. The molecular weight excluding hydrogens is 283 g/mol. The Hall–Kier alpha value is -1.56. The quantitative estimate of drug-likeness (QED) is 0.627. The summed E-state index contributed by atoms with van der Waals surface area (Å²) in [4.78, 5) is 14.2. The molecule has 1 aromatic heterocycles. The zero-order valence-corrected chi connectivity index (χ0v) is 10.8. The maximum atomic E-state index is 12.5. The number of hydrogen-bond acceptors (Lipinski definition) is 3. The van der Waals surface area contributed by atoms with Gasteiger partial charge in [-0.3, -0.25) is 4.79 Å². The van der Waals surface area contributed by atoms with Crippen molar-refractivity contribution in [3.05, 3.63) is 34.6 Å². The molecule has 0 unspecified atom stereocenters. The van der Waals surface area contributed by atoms with Crippen LogP contribution in [0.2, 0.25) is 5.15 Å². The van der Waals surface area contributed by atoms with Gasteiger partial charge in [-0.25, -0.2) is 4.98 Å². The lowest BCUT2D eigenvalue weighted by atomic mass is 10.2. The van der Waals surface area contributed by atoms with Gasteiger partial charge in [-0.05, 0) is 24.6 Å². The number of carbonyl (C=O) groups is 1. The van der Waals surface area contributed by atoms with E-state index < -0.39 is 17.8 Å². The van der Waals surface area contributed by atoms with Crippen LogP contribution < -0.4 is 0 Å². The van der Waals surface area contributed by atoms with Gasteiger partial charge in [-0.1, -0.05) is 23.8 Å². The van der Waals surface area contributed by atoms with Crippen LogP contribution in [0.25, 0.3) is 6.08 Å². The minimum Gasteiger partial charge on any atom is -0.466 e. The molecule has 0 bridgehead atoms. The molecule has 0 saturated carbocycles. The number of nitrogens with zero attached hydrogens (tertiary/aromatic N) is 1. The van der Waals surface area contributed by atoms with Crippen molar-refractivity contribution >= 4 is 23.6 Å². The van der Waals surface area contributed by atoms with E-state index in [9.17, 15) is 18.0 Å². The molecule has 0 radical (unpaired) electrons. The molecule has 1 heterocycles. The minimum absolute atomic E-state index is 0.0187. The summed E-state index contributed by atoms with van der Waals surface area (Å²) in [6.45, 7) is 1.92. The second-order valence-corrected chi connectivity index (χ2v) is 3.90. The van der Waals surface area contributed by atoms with E-state index in [0.29, 0.717) is 0 Å². The monoisotopic (exact) mass is 293 g/mol. The first-order valence-electron chi connectivity index (χ1n) is 5.40. The molecule has 0 amide bonds. The van der Waals surface area contributed by atoms with Gasteiger partial charge in [0.15, 0.2) is 0 Å². The number of carbonyl (C=O) groups excluding carboxylic acids is 1. The molecule has 0 aliphatic rings. The molecule has 7 heteroatoms. The smallest absolute Gasteiger partial charge is 0.433 e. The number of esters is 1. The van der Waals surface area contributed by atoms with Crippen molar-refractivity contribution in [1.82, 2.24) is 4.98 Å². The third-order valence-corrected chi connectivity index (χ3v) is 2.20. The Morgan fingerprint density at radius 2 is 2.16 bits per heavy atom. The third-order valence-electron chi connectivity index (χ3n) is 2.01. The Balaban J connectivity index is 2.82. The topological polar surface area (TPSA) is 39.2 Å². The van der Waals surface area contributed by atoms with Crippen LogP contribution in [-0.2, 0) is 15.7 Å². The average molecular weight is 294 g/mol. The highest BCUT2D eigenvalue weighted by Gasteiger charge is 2.32. The van der Waals surface area contributed by atoms with E-state index in [1.807, 2.05) is 0 Å². The van der Waals surface area contributed by atoms with Crippen molar-refractivity contribution in [2.75, 3.05) is 6.61 Å². The Bertz CT molecular complexity index is 486. The van der Waals surface area contributed by atoms with Crippen LogP contribution in [0.15, 0.2) is 18.2 Å². The molecule has 0 spiro atoms. The molecule has 19 heavy (non-hydrogen) atoms. The van der Waals surface area contributed by atoms with E-state index in [1.165, 1.54) is 18.2 Å². The summed E-state index contributed by atoms with van der Waals surface area (Å²) < 4.78 is 42.1. The number of rotatable bonds is 4. The van der Waals surface area contributed by atoms with Crippen LogP contribution in [0.3, 0.4) is 0 Å². The van der Waals surface area contributed by atoms with Crippen molar-refractivity contribution in [1.29, 1.82) is 0 Å². The first-order chi connectivity index (χ1) is 8.82. The molecule has 0 atom stereocenters. The molecule has 3 nitrogen and oxygen atoms in total. The molecule has 1 rings (SSSR count).